The minimum absolute atomic E-state index is 0.0809. The average molecular weight is 344 g/mol. The van der Waals surface area contributed by atoms with Crippen LogP contribution in [0.1, 0.15) is 22.6 Å². The first kappa shape index (κ1) is 15.7. The van der Waals surface area contributed by atoms with E-state index in [0.717, 1.165) is 28.2 Å². The minimum atomic E-state index is -0.374. The molecule has 1 aliphatic rings. The highest BCUT2D eigenvalue weighted by molar-refractivity contribution is 7.98. The van der Waals surface area contributed by atoms with Crippen molar-refractivity contribution in [2.24, 2.45) is 4.99 Å². The van der Waals surface area contributed by atoms with E-state index in [9.17, 15) is 0 Å². The van der Waals surface area contributed by atoms with E-state index in [1.54, 1.807) is 18.0 Å². The maximum absolute atomic E-state index is 7.89. The van der Waals surface area contributed by atoms with Gasteiger partial charge in [0.25, 0.3) is 6.04 Å². The molecule has 3 aromatic rings. The Balaban J connectivity index is 1.93. The topological polar surface area (TPSA) is 45.4 Å². The van der Waals surface area contributed by atoms with Gasteiger partial charge in [0.05, 0.1) is 12.1 Å². The summed E-state index contributed by atoms with van der Waals surface area (Å²) in [5.74, 6) is 0.669. The van der Waals surface area contributed by atoms with Crippen LogP contribution in [-0.4, -0.2) is 28.2 Å². The molecule has 0 bridgehead atoms. The van der Waals surface area contributed by atoms with Gasteiger partial charge in [-0.3, -0.25) is 5.10 Å². The highest BCUT2D eigenvalue weighted by Crippen LogP contribution is 2.43. The highest BCUT2D eigenvalue weighted by Gasteiger charge is 2.41. The smallest absolute Gasteiger partial charge is 0.276 e. The van der Waals surface area contributed by atoms with Crippen molar-refractivity contribution in [3.05, 3.63) is 88.9 Å². The lowest BCUT2D eigenvalue weighted by atomic mass is 9.80. The molecule has 2 heterocycles. The predicted octanol–water partition coefficient (Wildman–Crippen LogP) is 4.69. The van der Waals surface area contributed by atoms with Gasteiger partial charge in [-0.25, -0.2) is 11.6 Å². The average Bonchev–Trinajstić information content (AvgIpc) is 3.15. The van der Waals surface area contributed by atoms with Crippen LogP contribution < -0.4 is 0 Å². The summed E-state index contributed by atoms with van der Waals surface area (Å²) < 4.78 is 0. The summed E-state index contributed by atoms with van der Waals surface area (Å²) in [6.07, 6.45) is 3.87. The van der Waals surface area contributed by atoms with Crippen molar-refractivity contribution in [1.29, 1.82) is 0 Å². The molecule has 25 heavy (non-hydrogen) atoms. The van der Waals surface area contributed by atoms with Gasteiger partial charge in [-0.05, 0) is 17.9 Å². The van der Waals surface area contributed by atoms with E-state index in [0.29, 0.717) is 0 Å². The standard InChI is InChI=1S/C20H16N4S/c1-21-19-17(14-10-6-7-11-16(14)25-2)15-12-22-24-20(15)23-18(19)13-8-4-3-5-9-13/h3-12,17,19H,2H3,(H,22,24). The fourth-order valence-corrected chi connectivity index (χ4v) is 4.01. The van der Waals surface area contributed by atoms with E-state index in [1.807, 2.05) is 42.5 Å². The van der Waals surface area contributed by atoms with Gasteiger partial charge in [-0.15, -0.1) is 11.8 Å². The summed E-state index contributed by atoms with van der Waals surface area (Å²) in [5.41, 5.74) is 3.92. The molecule has 122 valence electrons. The van der Waals surface area contributed by atoms with Crippen LogP contribution in [0.15, 0.2) is 70.7 Å². The first-order valence-electron chi connectivity index (χ1n) is 8.00. The van der Waals surface area contributed by atoms with E-state index in [2.05, 4.69) is 33.4 Å². The predicted molar refractivity (Wildman–Crippen MR) is 102 cm³/mol. The minimum Gasteiger partial charge on any atom is -0.306 e. The van der Waals surface area contributed by atoms with Crippen LogP contribution in [0.4, 0.5) is 5.82 Å². The van der Waals surface area contributed by atoms with Crippen molar-refractivity contribution in [1.82, 2.24) is 10.2 Å². The Kier molecular flexibility index (Phi) is 4.12. The fraction of sp³-hybridized carbons (Fsp3) is 0.150. The van der Waals surface area contributed by atoms with Crippen molar-refractivity contribution in [2.45, 2.75) is 16.9 Å². The lowest BCUT2D eigenvalue weighted by molar-refractivity contribution is 0.777. The van der Waals surface area contributed by atoms with Crippen LogP contribution in [0.3, 0.4) is 0 Å². The lowest BCUT2D eigenvalue weighted by Crippen LogP contribution is -2.30. The Morgan fingerprint density at radius 1 is 1.04 bits per heavy atom. The van der Waals surface area contributed by atoms with Crippen molar-refractivity contribution in [2.75, 3.05) is 6.26 Å². The second kappa shape index (κ2) is 6.58. The Hall–Kier alpha value is -2.84. The molecule has 0 fully saturated rings. The van der Waals surface area contributed by atoms with Gasteiger partial charge in [0, 0.05) is 16.0 Å². The SMILES string of the molecule is [C-]#[N+]C1C(c2ccccc2)=Nc2[nH]ncc2C1c1ccccc1SC. The third-order valence-electron chi connectivity index (χ3n) is 4.49. The second-order valence-corrected chi connectivity index (χ2v) is 6.68. The third-order valence-corrected chi connectivity index (χ3v) is 5.30. The molecule has 0 saturated heterocycles. The fourth-order valence-electron chi connectivity index (χ4n) is 3.36. The number of benzene rings is 2. The molecule has 2 aromatic carbocycles. The summed E-state index contributed by atoms with van der Waals surface area (Å²) in [7, 11) is 0. The van der Waals surface area contributed by atoms with Crippen molar-refractivity contribution in [3.8, 4) is 0 Å². The van der Waals surface area contributed by atoms with Crippen LogP contribution in [0.5, 0.6) is 0 Å². The van der Waals surface area contributed by atoms with Crippen molar-refractivity contribution >= 4 is 23.3 Å². The maximum atomic E-state index is 7.89. The van der Waals surface area contributed by atoms with Gasteiger partial charge in [-0.2, -0.15) is 5.10 Å². The zero-order valence-electron chi connectivity index (χ0n) is 13.7. The zero-order valence-corrected chi connectivity index (χ0v) is 14.5. The van der Waals surface area contributed by atoms with E-state index in [1.165, 1.54) is 4.90 Å². The van der Waals surface area contributed by atoms with E-state index >= 15 is 0 Å². The number of aromatic amines is 1. The normalized spacial score (nSPS) is 19.0. The van der Waals surface area contributed by atoms with E-state index < -0.39 is 0 Å². The van der Waals surface area contributed by atoms with Crippen LogP contribution in [0.25, 0.3) is 4.85 Å². The number of aromatic nitrogens is 2. The van der Waals surface area contributed by atoms with Gasteiger partial charge in [0.1, 0.15) is 5.71 Å². The Morgan fingerprint density at radius 3 is 2.56 bits per heavy atom. The third kappa shape index (κ3) is 2.65. The van der Waals surface area contributed by atoms with Crippen LogP contribution >= 0.6 is 11.8 Å². The largest absolute Gasteiger partial charge is 0.306 e. The lowest BCUT2D eigenvalue weighted by Gasteiger charge is -2.25. The molecule has 1 aromatic heterocycles. The van der Waals surface area contributed by atoms with Gasteiger partial charge in [0.2, 0.25) is 0 Å². The monoisotopic (exact) mass is 344 g/mol. The van der Waals surface area contributed by atoms with Gasteiger partial charge < -0.3 is 4.85 Å². The molecule has 0 saturated carbocycles. The number of rotatable bonds is 3. The molecule has 0 radical (unpaired) electrons. The van der Waals surface area contributed by atoms with Crippen LogP contribution in [-0.2, 0) is 0 Å². The van der Waals surface area contributed by atoms with Gasteiger partial charge in [-0.1, -0.05) is 48.5 Å². The number of fused-ring (bicyclic) bond motifs is 1. The van der Waals surface area contributed by atoms with Gasteiger partial charge >= 0.3 is 0 Å². The maximum Gasteiger partial charge on any atom is 0.276 e. The number of hydrogen-bond donors (Lipinski definition) is 1. The summed E-state index contributed by atoms with van der Waals surface area (Å²) in [6, 6.07) is 17.9. The summed E-state index contributed by atoms with van der Waals surface area (Å²) >= 11 is 1.70. The quantitative estimate of drug-likeness (QED) is 0.553. The second-order valence-electron chi connectivity index (χ2n) is 5.83. The molecule has 0 amide bonds. The van der Waals surface area contributed by atoms with Crippen molar-refractivity contribution in [3.63, 3.8) is 0 Å². The van der Waals surface area contributed by atoms with Crippen LogP contribution in [0, 0.1) is 6.57 Å². The van der Waals surface area contributed by atoms with E-state index in [-0.39, 0.29) is 12.0 Å². The Labute approximate surface area is 150 Å². The highest BCUT2D eigenvalue weighted by atomic mass is 32.2. The van der Waals surface area contributed by atoms with Gasteiger partial charge in [0.15, 0.2) is 5.82 Å². The summed E-state index contributed by atoms with van der Waals surface area (Å²) in [5, 5.41) is 7.18. The molecule has 2 unspecified atom stereocenters. The molecule has 0 spiro atoms. The molecule has 1 aliphatic heterocycles. The molecule has 4 rings (SSSR count). The number of nitrogens with zero attached hydrogens (tertiary/aromatic N) is 3. The Morgan fingerprint density at radius 2 is 1.80 bits per heavy atom. The molecule has 5 heteroatoms. The molecule has 0 aliphatic carbocycles. The van der Waals surface area contributed by atoms with E-state index in [4.69, 9.17) is 11.6 Å². The molecular weight excluding hydrogens is 328 g/mol. The van der Waals surface area contributed by atoms with Crippen LogP contribution in [0.2, 0.25) is 0 Å². The molecule has 4 nitrogen and oxygen atoms in total. The molecule has 2 atom stereocenters. The number of hydrogen-bond acceptors (Lipinski definition) is 3. The number of H-pyrrole nitrogens is 1. The Bertz CT molecular complexity index is 969. The number of thioether (sulfide) groups is 1. The van der Waals surface area contributed by atoms with Crippen molar-refractivity contribution < 1.29 is 0 Å². The summed E-state index contributed by atoms with van der Waals surface area (Å²) in [4.78, 5) is 9.91. The first-order valence-corrected chi connectivity index (χ1v) is 9.22. The summed E-state index contributed by atoms with van der Waals surface area (Å²) in [6.45, 7) is 7.89. The zero-order chi connectivity index (χ0) is 17.2. The molecular formula is C20H16N4S. The molecule has 1 N–H and O–H groups in total. The number of aliphatic imine (C=N–C) groups is 1. The number of nitrogens with one attached hydrogen (secondary N) is 1. The first-order chi connectivity index (χ1) is 12.3.